The summed E-state index contributed by atoms with van der Waals surface area (Å²) in [6.07, 6.45) is 1.33. The molecule has 33 heavy (non-hydrogen) atoms. The highest BCUT2D eigenvalue weighted by molar-refractivity contribution is 7.18. The van der Waals surface area contributed by atoms with Crippen molar-refractivity contribution in [1.29, 1.82) is 0 Å². The van der Waals surface area contributed by atoms with Crippen molar-refractivity contribution in [3.8, 4) is 10.4 Å². The molecule has 0 radical (unpaired) electrons. The Morgan fingerprint density at radius 2 is 1.85 bits per heavy atom. The van der Waals surface area contributed by atoms with Crippen LogP contribution in [0.2, 0.25) is 0 Å². The summed E-state index contributed by atoms with van der Waals surface area (Å²) < 4.78 is 8.73. The standard InChI is InChI=1S/C22H21N5O5S/c1-4-32-21(30)18-14(10-15(33-18)13-8-6-5-7-9-13)24-16(28)11-27-12-23-19-17(27)20(29)26(3)22(31)25(19)2/h5-10,12H,4,11H2,1-3H3,(H,24,28). The maximum absolute atomic E-state index is 12.9. The van der Waals surface area contributed by atoms with Crippen LogP contribution in [-0.4, -0.2) is 37.2 Å². The SMILES string of the molecule is CCOC(=O)c1sc(-c2ccccc2)cc1NC(=O)Cn1cnc2c1c(=O)n(C)c(=O)n2C. The van der Waals surface area contributed by atoms with E-state index in [-0.39, 0.29) is 29.2 Å². The van der Waals surface area contributed by atoms with E-state index in [4.69, 9.17) is 4.74 Å². The van der Waals surface area contributed by atoms with Crippen LogP contribution in [0.1, 0.15) is 16.6 Å². The van der Waals surface area contributed by atoms with Gasteiger partial charge < -0.3 is 14.6 Å². The van der Waals surface area contributed by atoms with E-state index in [9.17, 15) is 19.2 Å². The van der Waals surface area contributed by atoms with Crippen molar-refractivity contribution >= 4 is 40.1 Å². The van der Waals surface area contributed by atoms with Crippen molar-refractivity contribution in [3.05, 3.63) is 68.4 Å². The first-order valence-electron chi connectivity index (χ1n) is 10.1. The van der Waals surface area contributed by atoms with Gasteiger partial charge in [-0.15, -0.1) is 11.3 Å². The maximum atomic E-state index is 12.9. The number of nitrogens with zero attached hydrogens (tertiary/aromatic N) is 4. The second kappa shape index (κ2) is 8.87. The lowest BCUT2D eigenvalue weighted by Crippen LogP contribution is -2.37. The molecule has 0 bridgehead atoms. The average molecular weight is 468 g/mol. The van der Waals surface area contributed by atoms with Gasteiger partial charge in [0.25, 0.3) is 5.56 Å². The topological polar surface area (TPSA) is 117 Å². The fraction of sp³-hybridized carbons (Fsp3) is 0.227. The van der Waals surface area contributed by atoms with Gasteiger partial charge in [-0.3, -0.25) is 18.7 Å². The van der Waals surface area contributed by atoms with Gasteiger partial charge in [0, 0.05) is 19.0 Å². The summed E-state index contributed by atoms with van der Waals surface area (Å²) in [5.74, 6) is -0.995. The van der Waals surface area contributed by atoms with Gasteiger partial charge in [0.05, 0.1) is 18.6 Å². The van der Waals surface area contributed by atoms with Gasteiger partial charge in [-0.25, -0.2) is 14.6 Å². The van der Waals surface area contributed by atoms with Gasteiger partial charge in [-0.1, -0.05) is 30.3 Å². The lowest BCUT2D eigenvalue weighted by atomic mass is 10.2. The number of carbonyl (C=O) groups is 2. The van der Waals surface area contributed by atoms with Crippen molar-refractivity contribution in [2.45, 2.75) is 13.5 Å². The van der Waals surface area contributed by atoms with Crippen LogP contribution in [0.5, 0.6) is 0 Å². The van der Waals surface area contributed by atoms with E-state index in [1.54, 1.807) is 13.0 Å². The molecule has 1 amide bonds. The Kier molecular flexibility index (Phi) is 5.97. The van der Waals surface area contributed by atoms with Crippen LogP contribution in [0.15, 0.2) is 52.3 Å². The number of ether oxygens (including phenoxy) is 1. The first kappa shape index (κ1) is 22.2. The zero-order valence-electron chi connectivity index (χ0n) is 18.2. The van der Waals surface area contributed by atoms with Gasteiger partial charge in [0.2, 0.25) is 5.91 Å². The van der Waals surface area contributed by atoms with Crippen LogP contribution >= 0.6 is 11.3 Å². The number of benzene rings is 1. The lowest BCUT2D eigenvalue weighted by molar-refractivity contribution is -0.116. The maximum Gasteiger partial charge on any atom is 0.350 e. The fourth-order valence-electron chi connectivity index (χ4n) is 3.44. The van der Waals surface area contributed by atoms with E-state index in [2.05, 4.69) is 10.3 Å². The molecule has 4 aromatic rings. The highest BCUT2D eigenvalue weighted by atomic mass is 32.1. The Hall–Kier alpha value is -3.99. The number of aromatic nitrogens is 4. The number of esters is 1. The monoisotopic (exact) mass is 467 g/mol. The molecule has 0 aliphatic heterocycles. The Morgan fingerprint density at radius 3 is 2.55 bits per heavy atom. The average Bonchev–Trinajstić information content (AvgIpc) is 3.41. The van der Waals surface area contributed by atoms with Gasteiger partial charge >= 0.3 is 11.7 Å². The summed E-state index contributed by atoms with van der Waals surface area (Å²) in [6.45, 7) is 1.68. The highest BCUT2D eigenvalue weighted by Crippen LogP contribution is 2.35. The van der Waals surface area contributed by atoms with Crippen LogP contribution in [0.25, 0.3) is 21.6 Å². The fourth-order valence-corrected chi connectivity index (χ4v) is 4.45. The van der Waals surface area contributed by atoms with E-state index in [1.807, 2.05) is 30.3 Å². The zero-order valence-corrected chi connectivity index (χ0v) is 19.0. The number of aryl methyl sites for hydroxylation is 1. The summed E-state index contributed by atoms with van der Waals surface area (Å²) in [4.78, 5) is 55.2. The predicted molar refractivity (Wildman–Crippen MR) is 125 cm³/mol. The predicted octanol–water partition coefficient (Wildman–Crippen LogP) is 1.98. The van der Waals surface area contributed by atoms with Gasteiger partial charge in [0.15, 0.2) is 11.2 Å². The number of hydrogen-bond donors (Lipinski definition) is 1. The molecular formula is C22H21N5O5S. The van der Waals surface area contributed by atoms with Gasteiger partial charge in [0.1, 0.15) is 11.4 Å². The molecule has 10 nitrogen and oxygen atoms in total. The van der Waals surface area contributed by atoms with E-state index >= 15 is 0 Å². The second-order valence-electron chi connectivity index (χ2n) is 7.24. The number of amides is 1. The molecule has 0 spiro atoms. The first-order chi connectivity index (χ1) is 15.8. The number of imidazole rings is 1. The van der Waals surface area contributed by atoms with Crippen LogP contribution in [0, 0.1) is 0 Å². The minimum atomic E-state index is -0.549. The third-order valence-corrected chi connectivity index (χ3v) is 6.22. The molecule has 0 saturated heterocycles. The molecule has 0 saturated carbocycles. The summed E-state index contributed by atoms with van der Waals surface area (Å²) in [5, 5.41) is 2.75. The van der Waals surface area contributed by atoms with E-state index < -0.39 is 23.1 Å². The largest absolute Gasteiger partial charge is 0.462 e. The molecule has 0 aliphatic carbocycles. The smallest absolute Gasteiger partial charge is 0.350 e. The van der Waals surface area contributed by atoms with Crippen LogP contribution in [-0.2, 0) is 30.2 Å². The molecule has 11 heteroatoms. The quantitative estimate of drug-likeness (QED) is 0.434. The Labute approximate surface area is 191 Å². The summed E-state index contributed by atoms with van der Waals surface area (Å²) in [7, 11) is 2.87. The summed E-state index contributed by atoms with van der Waals surface area (Å²) in [5.41, 5.74) is 0.492. The van der Waals surface area contributed by atoms with Crippen LogP contribution < -0.4 is 16.6 Å². The second-order valence-corrected chi connectivity index (χ2v) is 8.29. The molecule has 1 aromatic carbocycles. The minimum Gasteiger partial charge on any atom is -0.462 e. The van der Waals surface area contributed by atoms with Crippen molar-refractivity contribution in [2.24, 2.45) is 14.1 Å². The van der Waals surface area contributed by atoms with E-state index in [1.165, 1.54) is 40.9 Å². The van der Waals surface area contributed by atoms with Crippen molar-refractivity contribution in [3.63, 3.8) is 0 Å². The number of hydrogen-bond acceptors (Lipinski definition) is 7. The number of thiophene rings is 1. The molecular weight excluding hydrogens is 446 g/mol. The molecule has 0 fully saturated rings. The normalized spacial score (nSPS) is 11.0. The van der Waals surface area contributed by atoms with Crippen molar-refractivity contribution in [2.75, 3.05) is 11.9 Å². The third kappa shape index (κ3) is 4.10. The molecule has 0 atom stereocenters. The Balaban J connectivity index is 1.66. The molecule has 0 aliphatic rings. The Morgan fingerprint density at radius 1 is 1.12 bits per heavy atom. The molecule has 3 heterocycles. The van der Waals surface area contributed by atoms with Crippen LogP contribution in [0.3, 0.4) is 0 Å². The van der Waals surface area contributed by atoms with Crippen molar-refractivity contribution < 1.29 is 14.3 Å². The molecule has 1 N–H and O–H groups in total. The number of rotatable bonds is 6. The van der Waals surface area contributed by atoms with E-state index in [0.29, 0.717) is 5.69 Å². The first-order valence-corrected chi connectivity index (χ1v) is 10.9. The van der Waals surface area contributed by atoms with Gasteiger partial charge in [-0.05, 0) is 18.6 Å². The number of carbonyl (C=O) groups excluding carboxylic acids is 2. The van der Waals surface area contributed by atoms with Crippen LogP contribution in [0.4, 0.5) is 5.69 Å². The third-order valence-electron chi connectivity index (χ3n) is 5.06. The molecule has 170 valence electrons. The number of anilines is 1. The summed E-state index contributed by atoms with van der Waals surface area (Å²) >= 11 is 1.22. The highest BCUT2D eigenvalue weighted by Gasteiger charge is 2.21. The summed E-state index contributed by atoms with van der Waals surface area (Å²) in [6, 6.07) is 11.2. The molecule has 0 unspecified atom stereocenters. The molecule has 3 aromatic heterocycles. The number of fused-ring (bicyclic) bond motifs is 1. The number of nitrogens with one attached hydrogen (secondary N) is 1. The molecule has 4 rings (SSSR count). The Bertz CT molecular complexity index is 1480. The lowest BCUT2D eigenvalue weighted by Gasteiger charge is -2.08. The van der Waals surface area contributed by atoms with Crippen molar-refractivity contribution in [1.82, 2.24) is 18.7 Å². The van der Waals surface area contributed by atoms with E-state index in [0.717, 1.165) is 15.0 Å². The minimum absolute atomic E-state index is 0.135. The zero-order chi connectivity index (χ0) is 23.7. The van der Waals surface area contributed by atoms with Gasteiger partial charge in [-0.2, -0.15) is 0 Å².